The first-order valence-electron chi connectivity index (χ1n) is 14.5. The lowest BCUT2D eigenvalue weighted by Gasteiger charge is -2.18. The van der Waals surface area contributed by atoms with Crippen molar-refractivity contribution >= 4 is 16.9 Å². The minimum absolute atomic E-state index is 0.0208. The first-order valence-corrected chi connectivity index (χ1v) is 14.5. The highest BCUT2D eigenvalue weighted by Crippen LogP contribution is 2.28. The van der Waals surface area contributed by atoms with Crippen LogP contribution in [0.4, 0.5) is 0 Å². The van der Waals surface area contributed by atoms with E-state index in [4.69, 9.17) is 9.72 Å². The molecule has 5 heteroatoms. The van der Waals surface area contributed by atoms with Crippen LogP contribution in [0.15, 0.2) is 97.1 Å². The monoisotopic (exact) mass is 545 g/mol. The van der Waals surface area contributed by atoms with Gasteiger partial charge in [0.15, 0.2) is 0 Å². The van der Waals surface area contributed by atoms with Gasteiger partial charge >= 0.3 is 0 Å². The van der Waals surface area contributed by atoms with Gasteiger partial charge in [-0.1, -0.05) is 92.7 Å². The molecule has 0 aliphatic carbocycles. The number of benzene rings is 4. The van der Waals surface area contributed by atoms with E-state index in [1.54, 1.807) is 0 Å². The Bertz CT molecular complexity index is 1600. The molecule has 0 saturated carbocycles. The largest absolute Gasteiger partial charge is 0.493 e. The maximum atomic E-state index is 13.0. The summed E-state index contributed by atoms with van der Waals surface area (Å²) < 4.78 is 8.47. The van der Waals surface area contributed by atoms with Crippen molar-refractivity contribution in [1.29, 1.82) is 0 Å². The zero-order valence-corrected chi connectivity index (χ0v) is 24.4. The molecule has 41 heavy (non-hydrogen) atoms. The number of ether oxygens (including phenoxy) is 1. The minimum Gasteiger partial charge on any atom is -0.493 e. The molecule has 1 amide bonds. The highest BCUT2D eigenvalue weighted by atomic mass is 16.5. The molecule has 0 spiro atoms. The van der Waals surface area contributed by atoms with Crippen molar-refractivity contribution < 1.29 is 9.53 Å². The number of imidazole rings is 1. The number of aryl methyl sites for hydroxylation is 2. The third-order valence-corrected chi connectivity index (χ3v) is 7.45. The molecule has 210 valence electrons. The number of nitrogens with zero attached hydrogens (tertiary/aromatic N) is 2. The fraction of sp³-hybridized carbons (Fsp3) is 0.278. The molecule has 5 aromatic rings. The molecule has 5 nitrogen and oxygen atoms in total. The Morgan fingerprint density at radius 2 is 1.59 bits per heavy atom. The maximum Gasteiger partial charge on any atom is 0.224 e. The molecular weight excluding hydrogens is 506 g/mol. The van der Waals surface area contributed by atoms with Crippen LogP contribution < -0.4 is 10.1 Å². The van der Waals surface area contributed by atoms with Gasteiger partial charge in [-0.05, 0) is 72.2 Å². The first kappa shape index (κ1) is 28.2. The van der Waals surface area contributed by atoms with E-state index in [2.05, 4.69) is 79.2 Å². The number of fused-ring (bicyclic) bond motifs is 1. The van der Waals surface area contributed by atoms with Gasteiger partial charge in [0.05, 0.1) is 30.1 Å². The van der Waals surface area contributed by atoms with E-state index in [0.717, 1.165) is 46.7 Å². The van der Waals surface area contributed by atoms with E-state index < -0.39 is 0 Å². The summed E-state index contributed by atoms with van der Waals surface area (Å²) in [5.41, 5.74) is 7.72. The second-order valence-corrected chi connectivity index (χ2v) is 11.0. The Morgan fingerprint density at radius 1 is 0.878 bits per heavy atom. The second kappa shape index (κ2) is 12.9. The first-order chi connectivity index (χ1) is 19.9. The van der Waals surface area contributed by atoms with Gasteiger partial charge in [0.2, 0.25) is 5.91 Å². The molecular formula is C36H39N3O2. The molecule has 1 aromatic heterocycles. The Balaban J connectivity index is 1.24. The summed E-state index contributed by atoms with van der Waals surface area (Å²) in [6.45, 7) is 9.84. The molecule has 4 aromatic carbocycles. The Hall–Kier alpha value is -4.38. The minimum atomic E-state index is -0.233. The van der Waals surface area contributed by atoms with Gasteiger partial charge in [-0.2, -0.15) is 0 Å². The van der Waals surface area contributed by atoms with E-state index in [9.17, 15) is 4.79 Å². The van der Waals surface area contributed by atoms with Gasteiger partial charge in [-0.15, -0.1) is 0 Å². The summed E-state index contributed by atoms with van der Waals surface area (Å²) in [4.78, 5) is 18.0. The summed E-state index contributed by atoms with van der Waals surface area (Å²) in [5.74, 6) is 2.21. The molecule has 0 radical (unpaired) electrons. The van der Waals surface area contributed by atoms with Gasteiger partial charge in [-0.25, -0.2) is 4.98 Å². The van der Waals surface area contributed by atoms with Crippen LogP contribution in [0.25, 0.3) is 22.2 Å². The number of aromatic nitrogens is 2. The van der Waals surface area contributed by atoms with Crippen molar-refractivity contribution in [3.63, 3.8) is 0 Å². The van der Waals surface area contributed by atoms with Crippen LogP contribution in [0, 0.1) is 6.92 Å². The molecule has 0 saturated heterocycles. The number of carbonyl (C=O) groups excluding carboxylic acids is 1. The average molecular weight is 546 g/mol. The summed E-state index contributed by atoms with van der Waals surface area (Å²) in [5, 5.41) is 3.18. The molecule has 1 unspecified atom stereocenters. The zero-order chi connectivity index (χ0) is 28.8. The van der Waals surface area contributed by atoms with Gasteiger partial charge in [0, 0.05) is 6.54 Å². The molecule has 0 bridgehead atoms. The van der Waals surface area contributed by atoms with Crippen molar-refractivity contribution in [2.75, 3.05) is 6.61 Å². The number of nitrogens with one attached hydrogen (secondary N) is 1. The summed E-state index contributed by atoms with van der Waals surface area (Å²) in [6.07, 6.45) is 1.15. The molecule has 1 heterocycles. The average Bonchev–Trinajstić information content (AvgIpc) is 3.35. The normalized spacial score (nSPS) is 12.0. The van der Waals surface area contributed by atoms with Gasteiger partial charge < -0.3 is 14.6 Å². The lowest BCUT2D eigenvalue weighted by atomic mass is 10.0. The number of hydrogen-bond acceptors (Lipinski definition) is 3. The van der Waals surface area contributed by atoms with Crippen LogP contribution in [0.5, 0.6) is 5.75 Å². The van der Waals surface area contributed by atoms with Gasteiger partial charge in [0.25, 0.3) is 0 Å². The Kier molecular flexibility index (Phi) is 8.83. The molecule has 0 aliphatic rings. The third-order valence-electron chi connectivity index (χ3n) is 7.45. The standard InChI is InChI=1S/C36H39N3O2/c1-25(2)31-20-15-26(3)23-34(31)41-22-10-21-39-33-14-9-8-13-32(33)38-36(39)27(4)37-35(40)24-28-16-18-30(19-17-28)29-11-6-5-7-12-29/h5-9,11-20,23,25,27H,10,21-22,24H2,1-4H3,(H,37,40). The van der Waals surface area contributed by atoms with E-state index in [0.29, 0.717) is 18.9 Å². The molecule has 1 atom stereocenters. The molecule has 1 N–H and O–H groups in total. The van der Waals surface area contributed by atoms with Crippen LogP contribution in [0.1, 0.15) is 61.7 Å². The van der Waals surface area contributed by atoms with E-state index in [-0.39, 0.29) is 11.9 Å². The summed E-state index contributed by atoms with van der Waals surface area (Å²) in [7, 11) is 0. The maximum absolute atomic E-state index is 13.0. The fourth-order valence-electron chi connectivity index (χ4n) is 5.30. The van der Waals surface area contributed by atoms with Crippen molar-refractivity contribution in [1.82, 2.24) is 14.9 Å². The summed E-state index contributed by atoms with van der Waals surface area (Å²) >= 11 is 0. The van der Waals surface area contributed by atoms with Crippen molar-refractivity contribution in [3.8, 4) is 16.9 Å². The van der Waals surface area contributed by atoms with Gasteiger partial charge in [0.1, 0.15) is 11.6 Å². The molecule has 5 rings (SSSR count). The van der Waals surface area contributed by atoms with Crippen LogP contribution >= 0.6 is 0 Å². The lowest BCUT2D eigenvalue weighted by Crippen LogP contribution is -2.30. The highest BCUT2D eigenvalue weighted by Gasteiger charge is 2.19. The van der Waals surface area contributed by atoms with E-state index in [1.165, 1.54) is 16.7 Å². The van der Waals surface area contributed by atoms with Crippen molar-refractivity contribution in [2.24, 2.45) is 0 Å². The van der Waals surface area contributed by atoms with Crippen LogP contribution in [0.3, 0.4) is 0 Å². The zero-order valence-electron chi connectivity index (χ0n) is 24.4. The smallest absolute Gasteiger partial charge is 0.224 e. The lowest BCUT2D eigenvalue weighted by molar-refractivity contribution is -0.121. The third kappa shape index (κ3) is 6.86. The SMILES string of the molecule is Cc1ccc(C(C)C)c(OCCCn2c(C(C)NC(=O)Cc3ccc(-c4ccccc4)cc3)nc3ccccc32)c1. The number of amides is 1. The number of carbonyl (C=O) groups is 1. The molecule has 0 fully saturated rings. The number of hydrogen-bond donors (Lipinski definition) is 1. The van der Waals surface area contributed by atoms with Gasteiger partial charge in [-0.3, -0.25) is 4.79 Å². The Morgan fingerprint density at radius 3 is 2.34 bits per heavy atom. The topological polar surface area (TPSA) is 56.1 Å². The summed E-state index contributed by atoms with van der Waals surface area (Å²) in [6, 6.07) is 32.8. The fourth-order valence-corrected chi connectivity index (χ4v) is 5.30. The Labute approximate surface area is 243 Å². The van der Waals surface area contributed by atoms with Crippen LogP contribution in [-0.2, 0) is 17.8 Å². The quantitative estimate of drug-likeness (QED) is 0.171. The van der Waals surface area contributed by atoms with E-state index >= 15 is 0 Å². The molecule has 0 aliphatic heterocycles. The van der Waals surface area contributed by atoms with E-state index in [1.807, 2.05) is 55.5 Å². The predicted octanol–water partition coefficient (Wildman–Crippen LogP) is 8.02. The van der Waals surface area contributed by atoms with Crippen molar-refractivity contribution in [3.05, 3.63) is 120 Å². The van der Waals surface area contributed by atoms with Crippen molar-refractivity contribution in [2.45, 2.75) is 59.0 Å². The number of rotatable bonds is 11. The highest BCUT2D eigenvalue weighted by molar-refractivity contribution is 5.80. The second-order valence-electron chi connectivity index (χ2n) is 11.0. The van der Waals surface area contributed by atoms with Crippen LogP contribution in [-0.4, -0.2) is 22.1 Å². The van der Waals surface area contributed by atoms with Crippen LogP contribution in [0.2, 0.25) is 0 Å². The number of para-hydroxylation sites is 2. The predicted molar refractivity (Wildman–Crippen MR) is 167 cm³/mol.